The summed E-state index contributed by atoms with van der Waals surface area (Å²) in [5, 5.41) is 8.80. The minimum atomic E-state index is -1.00. The molecule has 1 aromatic carbocycles. The number of rotatable bonds is 2. The van der Waals surface area contributed by atoms with Crippen LogP contribution in [0.25, 0.3) is 0 Å². The van der Waals surface area contributed by atoms with Crippen LogP contribution in [0, 0.1) is 8.99 Å². The first-order chi connectivity index (χ1) is 7.71. The number of hydrogen-bond acceptors (Lipinski definition) is 3. The molecule has 0 heterocycles. The molecular weight excluding hydrogens is 335 g/mol. The lowest BCUT2D eigenvalue weighted by Crippen LogP contribution is -2.25. The molecular formula is C12H13IO4. The average Bonchev–Trinajstić information content (AvgIpc) is 2.19. The lowest BCUT2D eigenvalue weighted by molar-refractivity contribution is -0.143. The number of ether oxygens (including phenoxy) is 1. The van der Waals surface area contributed by atoms with Gasteiger partial charge in [-0.3, -0.25) is 4.79 Å². The van der Waals surface area contributed by atoms with Gasteiger partial charge in [-0.05, 0) is 61.6 Å². The number of carbonyl (C=O) groups excluding carboxylic acids is 1. The summed E-state index contributed by atoms with van der Waals surface area (Å²) >= 11 is 1.94. The van der Waals surface area contributed by atoms with E-state index in [9.17, 15) is 9.59 Å². The molecule has 0 aromatic heterocycles. The monoisotopic (exact) mass is 348 g/mol. The summed E-state index contributed by atoms with van der Waals surface area (Å²) in [7, 11) is 0. The summed E-state index contributed by atoms with van der Waals surface area (Å²) < 4.78 is 5.80. The van der Waals surface area contributed by atoms with Crippen LogP contribution in [0.1, 0.15) is 31.1 Å². The van der Waals surface area contributed by atoms with Crippen LogP contribution in [-0.2, 0) is 4.79 Å². The molecule has 0 amide bonds. The molecule has 0 atom stereocenters. The van der Waals surface area contributed by atoms with Crippen LogP contribution in [0.5, 0.6) is 5.75 Å². The number of esters is 1. The molecule has 5 heteroatoms. The van der Waals surface area contributed by atoms with E-state index in [1.54, 1.807) is 20.8 Å². The molecule has 0 radical (unpaired) electrons. The molecule has 0 aliphatic carbocycles. The fraction of sp³-hybridized carbons (Fsp3) is 0.333. The number of carboxylic acid groups (broad SMARTS) is 1. The quantitative estimate of drug-likeness (QED) is 0.507. The summed E-state index contributed by atoms with van der Waals surface area (Å²) in [6, 6.07) is 4.37. The van der Waals surface area contributed by atoms with Crippen molar-refractivity contribution in [1.29, 1.82) is 0 Å². The number of aromatic carboxylic acids is 1. The fourth-order valence-electron chi connectivity index (χ4n) is 0.970. The fourth-order valence-corrected chi connectivity index (χ4v) is 1.59. The van der Waals surface area contributed by atoms with E-state index < -0.39 is 11.4 Å². The lowest BCUT2D eigenvalue weighted by Gasteiger charge is -2.17. The van der Waals surface area contributed by atoms with Crippen molar-refractivity contribution in [2.24, 2.45) is 5.41 Å². The van der Waals surface area contributed by atoms with E-state index in [4.69, 9.17) is 9.84 Å². The molecule has 92 valence electrons. The van der Waals surface area contributed by atoms with Crippen molar-refractivity contribution < 1.29 is 19.4 Å². The maximum Gasteiger partial charge on any atom is 0.335 e. The topological polar surface area (TPSA) is 63.6 Å². The van der Waals surface area contributed by atoms with Crippen LogP contribution in [0.3, 0.4) is 0 Å². The summed E-state index contributed by atoms with van der Waals surface area (Å²) in [6.45, 7) is 5.27. The normalized spacial score (nSPS) is 11.1. The standard InChI is InChI=1S/C12H13IO4/c1-12(2,3)11(16)17-9-5-4-7(10(14)15)6-8(9)13/h4-6H,1-3H3,(H,14,15). The van der Waals surface area contributed by atoms with Gasteiger partial charge in [0.1, 0.15) is 5.75 Å². The van der Waals surface area contributed by atoms with E-state index in [2.05, 4.69) is 0 Å². The molecule has 0 saturated carbocycles. The number of benzene rings is 1. The zero-order chi connectivity index (χ0) is 13.2. The van der Waals surface area contributed by atoms with Crippen molar-refractivity contribution in [3.05, 3.63) is 27.3 Å². The third kappa shape index (κ3) is 3.69. The van der Waals surface area contributed by atoms with E-state index in [1.807, 2.05) is 22.6 Å². The number of carbonyl (C=O) groups is 2. The minimum absolute atomic E-state index is 0.171. The van der Waals surface area contributed by atoms with Crippen molar-refractivity contribution >= 4 is 34.5 Å². The summed E-state index contributed by atoms with van der Waals surface area (Å²) in [4.78, 5) is 22.4. The average molecular weight is 348 g/mol. The SMILES string of the molecule is CC(C)(C)C(=O)Oc1ccc(C(=O)O)cc1I. The van der Waals surface area contributed by atoms with Crippen molar-refractivity contribution in [2.45, 2.75) is 20.8 Å². The molecule has 1 N–H and O–H groups in total. The van der Waals surface area contributed by atoms with Gasteiger partial charge in [-0.15, -0.1) is 0 Å². The molecule has 17 heavy (non-hydrogen) atoms. The Balaban J connectivity index is 2.95. The molecule has 1 aromatic rings. The van der Waals surface area contributed by atoms with Gasteiger partial charge in [0.25, 0.3) is 0 Å². The molecule has 0 unspecified atom stereocenters. The van der Waals surface area contributed by atoms with E-state index in [1.165, 1.54) is 18.2 Å². The van der Waals surface area contributed by atoms with E-state index >= 15 is 0 Å². The minimum Gasteiger partial charge on any atom is -0.478 e. The largest absolute Gasteiger partial charge is 0.478 e. The zero-order valence-corrected chi connectivity index (χ0v) is 11.9. The second-order valence-corrected chi connectivity index (χ2v) is 5.75. The second-order valence-electron chi connectivity index (χ2n) is 4.59. The molecule has 0 saturated heterocycles. The predicted octanol–water partition coefficient (Wildman–Crippen LogP) is 2.94. The highest BCUT2D eigenvalue weighted by molar-refractivity contribution is 14.1. The third-order valence-corrected chi connectivity index (χ3v) is 2.84. The van der Waals surface area contributed by atoms with Crippen LogP contribution in [0.15, 0.2) is 18.2 Å². The van der Waals surface area contributed by atoms with Crippen molar-refractivity contribution in [1.82, 2.24) is 0 Å². The first-order valence-corrected chi connectivity index (χ1v) is 6.05. The van der Waals surface area contributed by atoms with Crippen LogP contribution < -0.4 is 4.74 Å². The molecule has 0 bridgehead atoms. The van der Waals surface area contributed by atoms with Gasteiger partial charge in [0.2, 0.25) is 0 Å². The van der Waals surface area contributed by atoms with Crippen LogP contribution in [-0.4, -0.2) is 17.0 Å². The number of halogens is 1. The highest BCUT2D eigenvalue weighted by Crippen LogP contribution is 2.25. The Morgan fingerprint density at radius 3 is 2.29 bits per heavy atom. The summed E-state index contributed by atoms with van der Waals surface area (Å²) in [5.74, 6) is -0.967. The molecule has 0 aliphatic heterocycles. The first kappa shape index (κ1) is 14.0. The Morgan fingerprint density at radius 1 is 1.29 bits per heavy atom. The Kier molecular flexibility index (Phi) is 4.13. The van der Waals surface area contributed by atoms with Gasteiger partial charge >= 0.3 is 11.9 Å². The Bertz CT molecular complexity index is 460. The summed E-state index contributed by atoms with van der Waals surface area (Å²) in [6.07, 6.45) is 0. The van der Waals surface area contributed by atoms with Gasteiger partial charge in [-0.25, -0.2) is 4.79 Å². The van der Waals surface area contributed by atoms with Crippen molar-refractivity contribution in [3.63, 3.8) is 0 Å². The third-order valence-electron chi connectivity index (χ3n) is 1.99. The molecule has 0 aliphatic rings. The second kappa shape index (κ2) is 5.03. The van der Waals surface area contributed by atoms with Gasteiger partial charge in [-0.2, -0.15) is 0 Å². The maximum absolute atomic E-state index is 11.7. The predicted molar refractivity (Wildman–Crippen MR) is 71.2 cm³/mol. The van der Waals surface area contributed by atoms with Gasteiger partial charge in [0.05, 0.1) is 14.5 Å². The van der Waals surface area contributed by atoms with E-state index in [-0.39, 0.29) is 11.5 Å². The van der Waals surface area contributed by atoms with E-state index in [0.717, 1.165) is 0 Å². The van der Waals surface area contributed by atoms with Crippen molar-refractivity contribution in [3.8, 4) is 5.75 Å². The highest BCUT2D eigenvalue weighted by Gasteiger charge is 2.24. The number of carboxylic acids is 1. The Morgan fingerprint density at radius 2 is 1.88 bits per heavy atom. The van der Waals surface area contributed by atoms with Gasteiger partial charge < -0.3 is 9.84 Å². The van der Waals surface area contributed by atoms with Gasteiger partial charge in [0.15, 0.2) is 0 Å². The van der Waals surface area contributed by atoms with Crippen LogP contribution >= 0.6 is 22.6 Å². The smallest absolute Gasteiger partial charge is 0.335 e. The van der Waals surface area contributed by atoms with Gasteiger partial charge in [0, 0.05) is 0 Å². The molecule has 0 fully saturated rings. The Hall–Kier alpha value is -1.11. The zero-order valence-electron chi connectivity index (χ0n) is 9.78. The van der Waals surface area contributed by atoms with Crippen LogP contribution in [0.4, 0.5) is 0 Å². The van der Waals surface area contributed by atoms with Crippen LogP contribution in [0.2, 0.25) is 0 Å². The lowest BCUT2D eigenvalue weighted by atomic mass is 9.97. The highest BCUT2D eigenvalue weighted by atomic mass is 127. The number of hydrogen-bond donors (Lipinski definition) is 1. The molecule has 0 spiro atoms. The molecule has 4 nitrogen and oxygen atoms in total. The maximum atomic E-state index is 11.7. The Labute approximate surface area is 113 Å². The summed E-state index contributed by atoms with van der Waals surface area (Å²) in [5.41, 5.74) is -0.417. The first-order valence-electron chi connectivity index (χ1n) is 4.97. The van der Waals surface area contributed by atoms with E-state index in [0.29, 0.717) is 9.32 Å². The van der Waals surface area contributed by atoms with Crippen molar-refractivity contribution in [2.75, 3.05) is 0 Å². The van der Waals surface area contributed by atoms with Gasteiger partial charge in [-0.1, -0.05) is 0 Å². The molecule has 1 rings (SSSR count).